The molecule has 10 nitrogen and oxygen atoms in total. The highest BCUT2D eigenvalue weighted by molar-refractivity contribution is 7.18. The molecule has 0 unspecified atom stereocenters. The topological polar surface area (TPSA) is 134 Å². The molecule has 0 amide bonds. The summed E-state index contributed by atoms with van der Waals surface area (Å²) < 4.78 is 4.79. The van der Waals surface area contributed by atoms with Gasteiger partial charge in [-0.15, -0.1) is 5.11 Å². The number of nitrogens with zero attached hydrogens (tertiary/aromatic N) is 6. The third-order valence-corrected chi connectivity index (χ3v) is 4.59. The summed E-state index contributed by atoms with van der Waals surface area (Å²) in [6, 6.07) is 11.5. The molecule has 1 aromatic heterocycles. The molecule has 0 aliphatic rings. The third kappa shape index (κ3) is 8.02. The second-order valence-electron chi connectivity index (χ2n) is 5.80. The molecule has 2 rings (SSSR count). The standard InChI is InChI=1S/C18H20N6O4S/c19-9-13-28-17(25)8-12-23(15-6-2-1-3-7-15)11-5-4-10-21-22-18-20-14-16(29-18)24(26)27/h1-3,6-7,14H,4-5,8,10-13H2. The first-order valence-electron chi connectivity index (χ1n) is 8.90. The van der Waals surface area contributed by atoms with Gasteiger partial charge in [-0.2, -0.15) is 10.4 Å². The summed E-state index contributed by atoms with van der Waals surface area (Å²) in [5.74, 6) is -0.404. The minimum atomic E-state index is -0.509. The third-order valence-electron chi connectivity index (χ3n) is 3.76. The molecule has 0 fully saturated rings. The van der Waals surface area contributed by atoms with Crippen LogP contribution in [-0.2, 0) is 9.53 Å². The number of nitro groups is 1. The summed E-state index contributed by atoms with van der Waals surface area (Å²) in [6.07, 6.45) is 2.94. The van der Waals surface area contributed by atoms with Gasteiger partial charge in [-0.3, -0.25) is 14.9 Å². The predicted molar refractivity (Wildman–Crippen MR) is 107 cm³/mol. The van der Waals surface area contributed by atoms with Crippen molar-refractivity contribution in [3.05, 3.63) is 46.6 Å². The highest BCUT2D eigenvalue weighted by Gasteiger charge is 2.11. The second-order valence-corrected chi connectivity index (χ2v) is 6.79. The zero-order valence-electron chi connectivity index (χ0n) is 15.6. The molecule has 0 bridgehead atoms. The molecule has 0 aliphatic heterocycles. The first-order chi connectivity index (χ1) is 14.1. The first kappa shape index (κ1) is 21.9. The molecule has 1 aromatic carbocycles. The van der Waals surface area contributed by atoms with Crippen LogP contribution < -0.4 is 4.90 Å². The zero-order chi connectivity index (χ0) is 20.9. The monoisotopic (exact) mass is 416 g/mol. The SMILES string of the molecule is N#CCOC(=O)CCN(CCCCN=Nc1ncc([N+](=O)[O-])s1)c1ccccc1. The fraction of sp³-hybridized carbons (Fsp3) is 0.389. The number of unbranched alkanes of at least 4 members (excludes halogenated alkanes) is 1. The van der Waals surface area contributed by atoms with E-state index < -0.39 is 10.9 Å². The molecule has 0 N–H and O–H groups in total. The second kappa shape index (κ2) is 12.1. The van der Waals surface area contributed by atoms with Gasteiger partial charge in [0.2, 0.25) is 5.13 Å². The van der Waals surface area contributed by atoms with E-state index in [9.17, 15) is 14.9 Å². The summed E-state index contributed by atoms with van der Waals surface area (Å²) in [4.78, 5) is 27.7. The number of carbonyl (C=O) groups is 1. The lowest BCUT2D eigenvalue weighted by atomic mass is 10.2. The Morgan fingerprint density at radius 1 is 1.31 bits per heavy atom. The maximum atomic E-state index is 11.7. The molecule has 152 valence electrons. The first-order valence-corrected chi connectivity index (χ1v) is 9.72. The quantitative estimate of drug-likeness (QED) is 0.168. The molecule has 0 aliphatic carbocycles. The minimum Gasteiger partial charge on any atom is -0.450 e. The van der Waals surface area contributed by atoms with Crippen LogP contribution >= 0.6 is 11.3 Å². The lowest BCUT2D eigenvalue weighted by molar-refractivity contribution is -0.380. The number of esters is 1. The van der Waals surface area contributed by atoms with E-state index in [-0.39, 0.29) is 23.2 Å². The summed E-state index contributed by atoms with van der Waals surface area (Å²) in [6.45, 7) is 1.43. The van der Waals surface area contributed by atoms with Crippen LogP contribution in [0, 0.1) is 21.4 Å². The number of ether oxygens (including phenoxy) is 1. The van der Waals surface area contributed by atoms with Crippen LogP contribution in [-0.4, -0.2) is 42.1 Å². The fourth-order valence-electron chi connectivity index (χ4n) is 2.40. The van der Waals surface area contributed by atoms with E-state index in [2.05, 4.69) is 20.1 Å². The van der Waals surface area contributed by atoms with E-state index in [0.717, 1.165) is 29.9 Å². The van der Waals surface area contributed by atoms with Crippen molar-refractivity contribution in [3.8, 4) is 6.07 Å². The highest BCUT2D eigenvalue weighted by Crippen LogP contribution is 2.27. The van der Waals surface area contributed by atoms with Crippen molar-refractivity contribution in [2.75, 3.05) is 31.1 Å². The van der Waals surface area contributed by atoms with Crippen LogP contribution in [0.3, 0.4) is 0 Å². The predicted octanol–water partition coefficient (Wildman–Crippen LogP) is 3.88. The number of anilines is 1. The van der Waals surface area contributed by atoms with Crippen molar-refractivity contribution >= 4 is 33.1 Å². The number of nitriles is 1. The summed E-state index contributed by atoms with van der Waals surface area (Å²) >= 11 is 0.879. The van der Waals surface area contributed by atoms with Crippen molar-refractivity contribution in [1.82, 2.24) is 4.98 Å². The Kier molecular flexibility index (Phi) is 9.17. The van der Waals surface area contributed by atoms with Crippen LogP contribution in [0.25, 0.3) is 0 Å². The maximum Gasteiger partial charge on any atom is 0.345 e. The molecule has 1 heterocycles. The summed E-state index contributed by atoms with van der Waals surface area (Å²) in [7, 11) is 0. The number of thiazole rings is 1. The van der Waals surface area contributed by atoms with Gasteiger partial charge in [-0.25, -0.2) is 4.98 Å². The number of aromatic nitrogens is 1. The van der Waals surface area contributed by atoms with Gasteiger partial charge in [0.05, 0.1) is 17.9 Å². The van der Waals surface area contributed by atoms with Crippen LogP contribution in [0.5, 0.6) is 0 Å². The number of carbonyl (C=O) groups excluding carboxylic acids is 1. The lowest BCUT2D eigenvalue weighted by Crippen LogP contribution is -2.28. The number of para-hydroxylation sites is 1. The van der Waals surface area contributed by atoms with Gasteiger partial charge in [-0.05, 0) is 36.3 Å². The van der Waals surface area contributed by atoms with Gasteiger partial charge < -0.3 is 9.64 Å². The van der Waals surface area contributed by atoms with E-state index >= 15 is 0 Å². The van der Waals surface area contributed by atoms with Gasteiger partial charge in [0, 0.05) is 18.8 Å². The zero-order valence-corrected chi connectivity index (χ0v) is 16.5. The number of hydrogen-bond acceptors (Lipinski definition) is 10. The highest BCUT2D eigenvalue weighted by atomic mass is 32.1. The Morgan fingerprint density at radius 2 is 2.10 bits per heavy atom. The molecule has 29 heavy (non-hydrogen) atoms. The largest absolute Gasteiger partial charge is 0.450 e. The Hall–Kier alpha value is -3.39. The van der Waals surface area contributed by atoms with Gasteiger partial charge >= 0.3 is 11.0 Å². The molecule has 2 aromatic rings. The van der Waals surface area contributed by atoms with E-state index in [4.69, 9.17) is 10.00 Å². The van der Waals surface area contributed by atoms with Gasteiger partial charge in [0.15, 0.2) is 6.61 Å². The van der Waals surface area contributed by atoms with Crippen molar-refractivity contribution in [2.45, 2.75) is 19.3 Å². The number of hydrogen-bond donors (Lipinski definition) is 0. The van der Waals surface area contributed by atoms with E-state index in [1.54, 1.807) is 6.07 Å². The van der Waals surface area contributed by atoms with Crippen molar-refractivity contribution in [3.63, 3.8) is 0 Å². The minimum absolute atomic E-state index is 0.0641. The molecule has 11 heteroatoms. The Balaban J connectivity index is 1.78. The van der Waals surface area contributed by atoms with Gasteiger partial charge in [0.25, 0.3) is 0 Å². The molecule has 0 atom stereocenters. The van der Waals surface area contributed by atoms with E-state index in [0.29, 0.717) is 19.6 Å². The van der Waals surface area contributed by atoms with Gasteiger partial charge in [-0.1, -0.05) is 18.2 Å². The van der Waals surface area contributed by atoms with Gasteiger partial charge in [0.1, 0.15) is 12.3 Å². The molecular weight excluding hydrogens is 396 g/mol. The normalized spacial score (nSPS) is 10.6. The van der Waals surface area contributed by atoms with Crippen molar-refractivity contribution < 1.29 is 14.5 Å². The van der Waals surface area contributed by atoms with Crippen molar-refractivity contribution in [1.29, 1.82) is 5.26 Å². The Labute approximate surface area is 171 Å². The molecule has 0 radical (unpaired) electrons. The summed E-state index contributed by atoms with van der Waals surface area (Å²) in [5.41, 5.74) is 0.998. The average molecular weight is 416 g/mol. The van der Waals surface area contributed by atoms with E-state index in [1.165, 1.54) is 6.20 Å². The molecule has 0 saturated heterocycles. The van der Waals surface area contributed by atoms with Crippen LogP contribution in [0.4, 0.5) is 15.8 Å². The average Bonchev–Trinajstić information content (AvgIpc) is 3.21. The fourth-order valence-corrected chi connectivity index (χ4v) is 2.97. The van der Waals surface area contributed by atoms with Crippen molar-refractivity contribution in [2.24, 2.45) is 10.2 Å². The smallest absolute Gasteiger partial charge is 0.345 e. The van der Waals surface area contributed by atoms with E-state index in [1.807, 2.05) is 30.3 Å². The molecule has 0 spiro atoms. The Bertz CT molecular complexity index is 865. The number of azo groups is 1. The van der Waals surface area contributed by atoms with Crippen LogP contribution in [0.2, 0.25) is 0 Å². The Morgan fingerprint density at radius 3 is 2.79 bits per heavy atom. The number of rotatable bonds is 12. The summed E-state index contributed by atoms with van der Waals surface area (Å²) in [5, 5.41) is 27.2. The van der Waals surface area contributed by atoms with Crippen LogP contribution in [0.15, 0.2) is 46.8 Å². The maximum absolute atomic E-state index is 11.7. The molecule has 0 saturated carbocycles. The lowest BCUT2D eigenvalue weighted by Gasteiger charge is -2.24. The van der Waals surface area contributed by atoms with Crippen LogP contribution in [0.1, 0.15) is 19.3 Å². The number of benzene rings is 1. The molecular formula is C18H20N6O4S.